The second kappa shape index (κ2) is 2.27. The van der Waals surface area contributed by atoms with E-state index in [0.29, 0.717) is 0 Å². The zero-order valence-electron chi connectivity index (χ0n) is 6.43. The van der Waals surface area contributed by atoms with Crippen LogP contribution >= 0.6 is 0 Å². The van der Waals surface area contributed by atoms with Gasteiger partial charge in [-0.25, -0.2) is 0 Å². The molecule has 1 aromatic rings. The molecule has 0 atom stereocenters. The van der Waals surface area contributed by atoms with Crippen LogP contribution in [0.15, 0.2) is 18.3 Å². The first-order valence-electron chi connectivity index (χ1n) is 3.95. The Labute approximate surface area is 66.0 Å². The summed E-state index contributed by atoms with van der Waals surface area (Å²) < 4.78 is 0. The molecule has 2 rings (SSSR count). The van der Waals surface area contributed by atoms with Crippen molar-refractivity contribution in [1.82, 2.24) is 4.98 Å². The van der Waals surface area contributed by atoms with E-state index in [2.05, 4.69) is 10.3 Å². The number of hydrogen-bond donors (Lipinski definition) is 3. The molecule has 0 aromatic carbocycles. The van der Waals surface area contributed by atoms with E-state index in [-0.39, 0.29) is 5.54 Å². The Morgan fingerprint density at radius 3 is 3.00 bits per heavy atom. The van der Waals surface area contributed by atoms with Crippen molar-refractivity contribution in [2.45, 2.75) is 18.4 Å². The zero-order chi connectivity index (χ0) is 7.73. The third-order valence-electron chi connectivity index (χ3n) is 2.12. The van der Waals surface area contributed by atoms with Gasteiger partial charge in [0.2, 0.25) is 0 Å². The van der Waals surface area contributed by atoms with E-state index < -0.39 is 0 Å². The van der Waals surface area contributed by atoms with Gasteiger partial charge in [0.15, 0.2) is 0 Å². The molecule has 60 valence electrons. The zero-order valence-corrected chi connectivity index (χ0v) is 6.43. The lowest BCUT2D eigenvalue weighted by Crippen LogP contribution is -2.31. The average Bonchev–Trinajstić information content (AvgIpc) is 2.53. The van der Waals surface area contributed by atoms with Crippen molar-refractivity contribution in [3.8, 4) is 0 Å². The molecule has 11 heavy (non-hydrogen) atoms. The summed E-state index contributed by atoms with van der Waals surface area (Å²) in [6.07, 6.45) is 4.21. The van der Waals surface area contributed by atoms with Crippen molar-refractivity contribution in [2.75, 3.05) is 11.9 Å². The van der Waals surface area contributed by atoms with Crippen LogP contribution in [0, 0.1) is 0 Å². The van der Waals surface area contributed by atoms with Gasteiger partial charge in [-0.2, -0.15) is 0 Å². The number of aromatic amines is 1. The van der Waals surface area contributed by atoms with Gasteiger partial charge in [0.25, 0.3) is 0 Å². The van der Waals surface area contributed by atoms with Gasteiger partial charge in [-0.05, 0) is 25.0 Å². The molecule has 0 spiro atoms. The van der Waals surface area contributed by atoms with Crippen LogP contribution in [0.3, 0.4) is 0 Å². The second-order valence-corrected chi connectivity index (χ2v) is 3.30. The second-order valence-electron chi connectivity index (χ2n) is 3.30. The van der Waals surface area contributed by atoms with Crippen LogP contribution in [-0.2, 0) is 0 Å². The van der Waals surface area contributed by atoms with Gasteiger partial charge in [-0.1, -0.05) is 0 Å². The SMILES string of the molecule is NC1(CNc2ccc[nH]2)CC1. The number of hydrogen-bond acceptors (Lipinski definition) is 2. The number of H-pyrrole nitrogens is 1. The monoisotopic (exact) mass is 151 g/mol. The molecular weight excluding hydrogens is 138 g/mol. The molecule has 1 fully saturated rings. The van der Waals surface area contributed by atoms with E-state index in [4.69, 9.17) is 5.73 Å². The third kappa shape index (κ3) is 1.54. The lowest BCUT2D eigenvalue weighted by atomic mass is 10.3. The summed E-state index contributed by atoms with van der Waals surface area (Å²) >= 11 is 0. The van der Waals surface area contributed by atoms with Crippen molar-refractivity contribution < 1.29 is 0 Å². The fraction of sp³-hybridized carbons (Fsp3) is 0.500. The summed E-state index contributed by atoms with van der Waals surface area (Å²) in [6.45, 7) is 0.882. The molecule has 3 heteroatoms. The van der Waals surface area contributed by atoms with Crippen molar-refractivity contribution in [3.63, 3.8) is 0 Å². The van der Waals surface area contributed by atoms with Crippen molar-refractivity contribution >= 4 is 5.82 Å². The molecule has 0 unspecified atom stereocenters. The Morgan fingerprint density at radius 1 is 1.64 bits per heavy atom. The van der Waals surface area contributed by atoms with E-state index in [9.17, 15) is 0 Å². The smallest absolute Gasteiger partial charge is 0.103 e. The number of anilines is 1. The Kier molecular flexibility index (Phi) is 1.39. The molecule has 1 saturated carbocycles. The summed E-state index contributed by atoms with van der Waals surface area (Å²) in [5, 5.41) is 3.25. The first kappa shape index (κ1) is 6.73. The fourth-order valence-corrected chi connectivity index (χ4v) is 1.05. The summed E-state index contributed by atoms with van der Waals surface area (Å²) in [7, 11) is 0. The first-order chi connectivity index (χ1) is 5.29. The van der Waals surface area contributed by atoms with Crippen LogP contribution in [-0.4, -0.2) is 17.1 Å². The van der Waals surface area contributed by atoms with Gasteiger partial charge < -0.3 is 16.0 Å². The van der Waals surface area contributed by atoms with Crippen LogP contribution in [0.2, 0.25) is 0 Å². The number of rotatable bonds is 3. The van der Waals surface area contributed by atoms with Crippen molar-refractivity contribution in [2.24, 2.45) is 5.73 Å². The highest BCUT2D eigenvalue weighted by Crippen LogP contribution is 2.31. The van der Waals surface area contributed by atoms with Gasteiger partial charge in [-0.15, -0.1) is 0 Å². The van der Waals surface area contributed by atoms with Gasteiger partial charge >= 0.3 is 0 Å². The minimum atomic E-state index is 0.0884. The molecule has 3 nitrogen and oxygen atoms in total. The van der Waals surface area contributed by atoms with E-state index >= 15 is 0 Å². The first-order valence-corrected chi connectivity index (χ1v) is 3.95. The number of aromatic nitrogens is 1. The molecule has 0 saturated heterocycles. The Bertz CT molecular complexity index is 223. The Hall–Kier alpha value is -0.960. The van der Waals surface area contributed by atoms with E-state index in [1.807, 2.05) is 18.3 Å². The van der Waals surface area contributed by atoms with Crippen molar-refractivity contribution in [1.29, 1.82) is 0 Å². The summed E-state index contributed by atoms with van der Waals surface area (Å²) in [4.78, 5) is 3.07. The molecule has 0 amide bonds. The molecule has 0 bridgehead atoms. The van der Waals surface area contributed by atoms with E-state index in [1.54, 1.807) is 0 Å². The third-order valence-corrected chi connectivity index (χ3v) is 2.12. The maximum absolute atomic E-state index is 5.89. The largest absolute Gasteiger partial charge is 0.370 e. The predicted molar refractivity (Wildman–Crippen MR) is 45.4 cm³/mol. The highest BCUT2D eigenvalue weighted by molar-refractivity contribution is 5.35. The van der Waals surface area contributed by atoms with Gasteiger partial charge in [0, 0.05) is 18.3 Å². The van der Waals surface area contributed by atoms with Gasteiger partial charge in [-0.3, -0.25) is 0 Å². The molecule has 1 aliphatic rings. The topological polar surface area (TPSA) is 53.8 Å². The number of nitrogens with one attached hydrogen (secondary N) is 2. The van der Waals surface area contributed by atoms with Gasteiger partial charge in [0.1, 0.15) is 5.82 Å². The maximum Gasteiger partial charge on any atom is 0.103 e. The molecule has 1 aromatic heterocycles. The number of nitrogens with two attached hydrogens (primary N) is 1. The lowest BCUT2D eigenvalue weighted by Gasteiger charge is -2.09. The molecule has 0 aliphatic heterocycles. The van der Waals surface area contributed by atoms with E-state index in [1.165, 1.54) is 0 Å². The van der Waals surface area contributed by atoms with Gasteiger partial charge in [0.05, 0.1) is 0 Å². The highest BCUT2D eigenvalue weighted by atomic mass is 15.0. The van der Waals surface area contributed by atoms with Crippen LogP contribution in [0.5, 0.6) is 0 Å². The Morgan fingerprint density at radius 2 is 2.45 bits per heavy atom. The highest BCUT2D eigenvalue weighted by Gasteiger charge is 2.37. The Balaban J connectivity index is 1.83. The summed E-state index contributed by atoms with van der Waals surface area (Å²) in [6, 6.07) is 3.98. The molecule has 0 radical (unpaired) electrons. The van der Waals surface area contributed by atoms with Crippen LogP contribution in [0.25, 0.3) is 0 Å². The molecule has 1 heterocycles. The average molecular weight is 151 g/mol. The maximum atomic E-state index is 5.89. The predicted octanol–water partition coefficient (Wildman–Crippen LogP) is 0.918. The summed E-state index contributed by atoms with van der Waals surface area (Å²) in [5.41, 5.74) is 5.98. The van der Waals surface area contributed by atoms with E-state index in [0.717, 1.165) is 25.2 Å². The summed E-state index contributed by atoms with van der Waals surface area (Å²) in [5.74, 6) is 1.06. The normalized spacial score (nSPS) is 19.7. The van der Waals surface area contributed by atoms with Crippen LogP contribution < -0.4 is 11.1 Å². The molecule has 4 N–H and O–H groups in total. The minimum Gasteiger partial charge on any atom is -0.370 e. The fourth-order valence-electron chi connectivity index (χ4n) is 1.05. The molecular formula is C8H13N3. The lowest BCUT2D eigenvalue weighted by molar-refractivity contribution is 0.712. The van der Waals surface area contributed by atoms with Crippen LogP contribution in [0.4, 0.5) is 5.82 Å². The van der Waals surface area contributed by atoms with Crippen molar-refractivity contribution in [3.05, 3.63) is 18.3 Å². The minimum absolute atomic E-state index is 0.0884. The van der Waals surface area contributed by atoms with Crippen LogP contribution in [0.1, 0.15) is 12.8 Å². The standard InChI is InChI=1S/C8H13N3/c9-8(3-4-8)6-11-7-2-1-5-10-7/h1-2,5,10-11H,3-4,6,9H2. The molecule has 1 aliphatic carbocycles. The quantitative estimate of drug-likeness (QED) is 0.601.